The van der Waals surface area contributed by atoms with Gasteiger partial charge in [0.15, 0.2) is 5.65 Å². The number of nitrogens with zero attached hydrogens (tertiary/aromatic N) is 8. The molecule has 1 atom stereocenters. The van der Waals surface area contributed by atoms with Crippen molar-refractivity contribution in [3.63, 3.8) is 0 Å². The van der Waals surface area contributed by atoms with E-state index in [4.69, 9.17) is 15.8 Å². The van der Waals surface area contributed by atoms with Gasteiger partial charge in [-0.2, -0.15) is 19.0 Å². The lowest BCUT2D eigenvalue weighted by molar-refractivity contribution is 0.0566. The molecule has 1 saturated carbocycles. The second kappa shape index (κ2) is 8.14. The van der Waals surface area contributed by atoms with Gasteiger partial charge >= 0.3 is 6.55 Å². The van der Waals surface area contributed by atoms with Crippen molar-refractivity contribution in [2.45, 2.75) is 44.8 Å². The molecule has 0 aliphatic heterocycles. The first-order valence-electron chi connectivity index (χ1n) is 11.4. The summed E-state index contributed by atoms with van der Waals surface area (Å²) in [7, 11) is 0. The number of fused-ring (bicyclic) bond motifs is 2. The lowest BCUT2D eigenvalue weighted by atomic mass is 10.1. The highest BCUT2D eigenvalue weighted by atomic mass is 19.3. The molecule has 13 heteroatoms. The number of anilines is 1. The molecule has 10 nitrogen and oxygen atoms in total. The quantitative estimate of drug-likeness (QED) is 0.380. The van der Waals surface area contributed by atoms with Gasteiger partial charge in [0.05, 0.1) is 22.5 Å². The van der Waals surface area contributed by atoms with Crippen LogP contribution in [0.5, 0.6) is 0 Å². The highest BCUT2D eigenvalue weighted by Crippen LogP contribution is 2.39. The zero-order chi connectivity index (χ0) is 25.1. The molecular formula is C23H20F3N9O. The lowest BCUT2D eigenvalue weighted by Crippen LogP contribution is -2.29. The second-order valence-electron chi connectivity index (χ2n) is 8.70. The van der Waals surface area contributed by atoms with Gasteiger partial charge in [0, 0.05) is 17.8 Å². The van der Waals surface area contributed by atoms with E-state index in [0.29, 0.717) is 39.0 Å². The molecule has 1 aromatic carbocycles. The van der Waals surface area contributed by atoms with E-state index in [2.05, 4.69) is 15.1 Å². The number of alkyl halides is 2. The predicted octanol–water partition coefficient (Wildman–Crippen LogP) is 3.85. The molecule has 1 fully saturated rings. The minimum atomic E-state index is -2.82. The second-order valence-corrected chi connectivity index (χ2v) is 8.70. The van der Waals surface area contributed by atoms with Gasteiger partial charge in [0.1, 0.15) is 35.5 Å². The Morgan fingerprint density at radius 3 is 2.72 bits per heavy atom. The van der Waals surface area contributed by atoms with E-state index in [9.17, 15) is 18.0 Å². The maximum absolute atomic E-state index is 13.9. The molecular weight excluding hydrogens is 475 g/mol. The summed E-state index contributed by atoms with van der Waals surface area (Å²) in [6, 6.07) is 3.34. The topological polar surface area (TPSA) is 122 Å². The number of nitrogen functional groups attached to an aromatic ring is 1. The van der Waals surface area contributed by atoms with Crippen LogP contribution < -0.4 is 11.3 Å². The zero-order valence-corrected chi connectivity index (χ0v) is 19.0. The molecule has 0 unspecified atom stereocenters. The Kier molecular flexibility index (Phi) is 5.02. The summed E-state index contributed by atoms with van der Waals surface area (Å²) in [5.41, 5.74) is 7.19. The van der Waals surface area contributed by atoms with Crippen molar-refractivity contribution in [1.29, 1.82) is 0 Å². The normalized spacial score (nSPS) is 14.8. The van der Waals surface area contributed by atoms with E-state index in [-0.39, 0.29) is 28.5 Å². The van der Waals surface area contributed by atoms with Crippen LogP contribution in [0.15, 0.2) is 41.7 Å². The number of hydrogen-bond donors (Lipinski definition) is 1. The summed E-state index contributed by atoms with van der Waals surface area (Å²) in [4.78, 5) is 26.7. The molecule has 1 aliphatic rings. The van der Waals surface area contributed by atoms with E-state index < -0.39 is 18.4 Å². The summed E-state index contributed by atoms with van der Waals surface area (Å²) < 4.78 is 44.0. The summed E-state index contributed by atoms with van der Waals surface area (Å²) in [5.74, 6) is 0.0747. The first-order valence-corrected chi connectivity index (χ1v) is 11.4. The van der Waals surface area contributed by atoms with Crippen molar-refractivity contribution in [2.75, 3.05) is 5.73 Å². The first-order chi connectivity index (χ1) is 17.4. The van der Waals surface area contributed by atoms with Crippen LogP contribution in [0.1, 0.15) is 50.6 Å². The Bertz CT molecular complexity index is 1690. The third-order valence-corrected chi connectivity index (χ3v) is 6.37. The Morgan fingerprint density at radius 2 is 2.03 bits per heavy atom. The number of benzene rings is 1. The molecule has 5 aromatic rings. The molecule has 184 valence electrons. The first kappa shape index (κ1) is 22.2. The van der Waals surface area contributed by atoms with Gasteiger partial charge in [0.25, 0.3) is 5.56 Å². The highest BCUT2D eigenvalue weighted by molar-refractivity contribution is 5.98. The Hall–Kier alpha value is -4.29. The maximum Gasteiger partial charge on any atom is 0.333 e. The molecule has 0 amide bonds. The van der Waals surface area contributed by atoms with Crippen molar-refractivity contribution in [1.82, 2.24) is 39.1 Å². The van der Waals surface area contributed by atoms with Crippen LogP contribution in [0.2, 0.25) is 0 Å². The summed E-state index contributed by atoms with van der Waals surface area (Å²) in [6.07, 6.45) is 5.82. The van der Waals surface area contributed by atoms with E-state index in [0.717, 1.165) is 12.8 Å². The molecule has 4 aromatic heterocycles. The molecule has 1 aliphatic carbocycles. The van der Waals surface area contributed by atoms with Crippen LogP contribution in [0.25, 0.3) is 33.2 Å². The van der Waals surface area contributed by atoms with Crippen molar-refractivity contribution in [3.05, 3.63) is 58.9 Å². The zero-order valence-electron chi connectivity index (χ0n) is 19.0. The Labute approximate surface area is 201 Å². The molecule has 4 heterocycles. The predicted molar refractivity (Wildman–Crippen MR) is 125 cm³/mol. The minimum Gasteiger partial charge on any atom is -0.383 e. The van der Waals surface area contributed by atoms with E-state index in [1.807, 2.05) is 6.92 Å². The summed E-state index contributed by atoms with van der Waals surface area (Å²) in [5, 5.41) is 9.00. The third kappa shape index (κ3) is 3.41. The van der Waals surface area contributed by atoms with Crippen molar-refractivity contribution in [2.24, 2.45) is 0 Å². The van der Waals surface area contributed by atoms with Crippen LogP contribution in [-0.2, 0) is 0 Å². The Morgan fingerprint density at radius 1 is 1.22 bits per heavy atom. The molecule has 0 saturated heterocycles. The van der Waals surface area contributed by atoms with Crippen molar-refractivity contribution in [3.8, 4) is 11.3 Å². The molecule has 0 bridgehead atoms. The average molecular weight is 495 g/mol. The molecule has 0 spiro atoms. The van der Waals surface area contributed by atoms with Crippen LogP contribution in [-0.4, -0.2) is 39.1 Å². The van der Waals surface area contributed by atoms with Gasteiger partial charge in [0.2, 0.25) is 0 Å². The van der Waals surface area contributed by atoms with Crippen molar-refractivity contribution < 1.29 is 13.2 Å². The van der Waals surface area contributed by atoms with E-state index >= 15 is 0 Å². The van der Waals surface area contributed by atoms with E-state index in [1.165, 1.54) is 36.9 Å². The smallest absolute Gasteiger partial charge is 0.333 e. The number of nitrogens with two attached hydrogens (primary N) is 1. The number of hydrogen-bond acceptors (Lipinski definition) is 7. The van der Waals surface area contributed by atoms with Crippen LogP contribution in [0.4, 0.5) is 19.0 Å². The average Bonchev–Trinajstić information content (AvgIpc) is 3.42. The van der Waals surface area contributed by atoms with Crippen LogP contribution >= 0.6 is 0 Å². The summed E-state index contributed by atoms with van der Waals surface area (Å²) in [6.45, 7) is -0.904. The standard InChI is InChI=1S/C23H20F3N9O/c1-2-16(20-31-15-6-3-12(24)7-14(15)22(36)34(20)13-4-5-13)35-21-17(19(27)28-10-29-21)18(32-35)11-8-30-33(9-11)23(25)26/h3,6-10,13,16,23H,2,4-5H2,1H3,(H2,27,28,29)/t16-/m0/s1. The molecule has 0 radical (unpaired) electrons. The van der Waals surface area contributed by atoms with Gasteiger partial charge in [-0.25, -0.2) is 28.7 Å². The fourth-order valence-corrected chi connectivity index (χ4v) is 4.56. The maximum atomic E-state index is 13.9. The Balaban J connectivity index is 1.60. The molecule has 2 N–H and O–H groups in total. The number of aromatic nitrogens is 8. The number of rotatable bonds is 6. The minimum absolute atomic E-state index is 0.0491. The van der Waals surface area contributed by atoms with Crippen LogP contribution in [0, 0.1) is 5.82 Å². The van der Waals surface area contributed by atoms with Crippen molar-refractivity contribution >= 4 is 27.8 Å². The lowest BCUT2D eigenvalue weighted by Gasteiger charge is -2.21. The molecule has 36 heavy (non-hydrogen) atoms. The fraction of sp³-hybridized carbons (Fsp3) is 0.304. The number of halogens is 3. The highest BCUT2D eigenvalue weighted by Gasteiger charge is 2.33. The van der Waals surface area contributed by atoms with Gasteiger partial charge in [-0.3, -0.25) is 9.36 Å². The monoisotopic (exact) mass is 495 g/mol. The largest absolute Gasteiger partial charge is 0.383 e. The molecule has 6 rings (SSSR count). The SMILES string of the molecule is CC[C@@H](c1nc2ccc(F)cc2c(=O)n1C1CC1)n1nc(-c2cnn(C(F)F)c2)c2c(N)ncnc21. The third-order valence-electron chi connectivity index (χ3n) is 6.37. The fourth-order valence-electron chi connectivity index (χ4n) is 4.56. The van der Waals surface area contributed by atoms with Gasteiger partial charge in [-0.1, -0.05) is 6.92 Å². The van der Waals surface area contributed by atoms with E-state index in [1.54, 1.807) is 9.25 Å². The van der Waals surface area contributed by atoms with Gasteiger partial charge in [-0.05, 0) is 37.5 Å². The van der Waals surface area contributed by atoms with Gasteiger partial charge in [-0.15, -0.1) is 0 Å². The van der Waals surface area contributed by atoms with Gasteiger partial charge < -0.3 is 5.73 Å². The van der Waals surface area contributed by atoms with Crippen LogP contribution in [0.3, 0.4) is 0 Å². The summed E-state index contributed by atoms with van der Waals surface area (Å²) >= 11 is 0.